The number of benzene rings is 2. The van der Waals surface area contributed by atoms with E-state index in [0.29, 0.717) is 17.1 Å². The number of ether oxygens (including phenoxy) is 1. The lowest BCUT2D eigenvalue weighted by Gasteiger charge is -2.12. The molecule has 0 fully saturated rings. The summed E-state index contributed by atoms with van der Waals surface area (Å²) in [6.07, 6.45) is 0. The number of rotatable bonds is 5. The zero-order valence-corrected chi connectivity index (χ0v) is 13.1. The SMILES string of the molecule is CNC(C)c1ccc(OCc2cc(F)cc(Br)c2)cc1. The summed E-state index contributed by atoms with van der Waals surface area (Å²) in [5, 5.41) is 3.18. The second-order valence-electron chi connectivity index (χ2n) is 4.65. The molecule has 0 aliphatic rings. The summed E-state index contributed by atoms with van der Waals surface area (Å²) in [5.41, 5.74) is 2.00. The van der Waals surface area contributed by atoms with Crippen molar-refractivity contribution in [2.75, 3.05) is 7.05 Å². The molecule has 0 spiro atoms. The summed E-state index contributed by atoms with van der Waals surface area (Å²) in [4.78, 5) is 0. The van der Waals surface area contributed by atoms with Gasteiger partial charge in [0.15, 0.2) is 0 Å². The van der Waals surface area contributed by atoms with Gasteiger partial charge in [0.25, 0.3) is 0 Å². The fraction of sp³-hybridized carbons (Fsp3) is 0.250. The number of hydrogen-bond donors (Lipinski definition) is 1. The lowest BCUT2D eigenvalue weighted by Crippen LogP contribution is -2.11. The second-order valence-corrected chi connectivity index (χ2v) is 5.56. The summed E-state index contributed by atoms with van der Waals surface area (Å²) in [5.74, 6) is 0.508. The molecule has 2 aromatic carbocycles. The highest BCUT2D eigenvalue weighted by atomic mass is 79.9. The van der Waals surface area contributed by atoms with Crippen LogP contribution < -0.4 is 10.1 Å². The van der Waals surface area contributed by atoms with Crippen LogP contribution in [-0.4, -0.2) is 7.05 Å². The molecule has 2 nitrogen and oxygen atoms in total. The minimum Gasteiger partial charge on any atom is -0.489 e. The van der Waals surface area contributed by atoms with E-state index in [2.05, 4.69) is 28.2 Å². The van der Waals surface area contributed by atoms with Crippen molar-refractivity contribution in [1.29, 1.82) is 0 Å². The van der Waals surface area contributed by atoms with E-state index >= 15 is 0 Å². The Morgan fingerprint density at radius 2 is 1.90 bits per heavy atom. The van der Waals surface area contributed by atoms with E-state index in [1.165, 1.54) is 17.7 Å². The van der Waals surface area contributed by atoms with Crippen LogP contribution in [0.25, 0.3) is 0 Å². The Morgan fingerprint density at radius 1 is 1.20 bits per heavy atom. The summed E-state index contributed by atoms with van der Waals surface area (Å²) in [7, 11) is 1.93. The van der Waals surface area contributed by atoms with Gasteiger partial charge in [-0.3, -0.25) is 0 Å². The molecule has 0 saturated carbocycles. The Morgan fingerprint density at radius 3 is 2.50 bits per heavy atom. The van der Waals surface area contributed by atoms with E-state index in [4.69, 9.17) is 4.74 Å². The van der Waals surface area contributed by atoms with E-state index in [1.807, 2.05) is 37.4 Å². The van der Waals surface area contributed by atoms with Crippen molar-refractivity contribution in [2.45, 2.75) is 19.6 Å². The van der Waals surface area contributed by atoms with Crippen molar-refractivity contribution in [3.05, 3.63) is 63.9 Å². The van der Waals surface area contributed by atoms with Crippen molar-refractivity contribution >= 4 is 15.9 Å². The Balaban J connectivity index is 2.00. The lowest BCUT2D eigenvalue weighted by atomic mass is 10.1. The quantitative estimate of drug-likeness (QED) is 0.870. The zero-order valence-electron chi connectivity index (χ0n) is 11.5. The Labute approximate surface area is 127 Å². The fourth-order valence-corrected chi connectivity index (χ4v) is 2.39. The molecule has 0 bridgehead atoms. The first-order valence-electron chi connectivity index (χ1n) is 6.43. The molecule has 0 radical (unpaired) electrons. The smallest absolute Gasteiger partial charge is 0.124 e. The van der Waals surface area contributed by atoms with Gasteiger partial charge in [-0.15, -0.1) is 0 Å². The molecule has 0 aromatic heterocycles. The van der Waals surface area contributed by atoms with Crippen LogP contribution in [0.15, 0.2) is 46.9 Å². The van der Waals surface area contributed by atoms with Crippen LogP contribution >= 0.6 is 15.9 Å². The molecule has 0 saturated heterocycles. The number of halogens is 2. The molecule has 0 heterocycles. The Bertz CT molecular complexity index is 551. The van der Waals surface area contributed by atoms with Gasteiger partial charge < -0.3 is 10.1 Å². The summed E-state index contributed by atoms with van der Waals surface area (Å²) in [6.45, 7) is 2.44. The van der Waals surface area contributed by atoms with Crippen molar-refractivity contribution in [3.63, 3.8) is 0 Å². The van der Waals surface area contributed by atoms with Crippen LogP contribution in [0.2, 0.25) is 0 Å². The molecule has 2 aromatic rings. The molecule has 106 valence electrons. The van der Waals surface area contributed by atoms with Crippen molar-refractivity contribution in [3.8, 4) is 5.75 Å². The van der Waals surface area contributed by atoms with Gasteiger partial charge in [-0.2, -0.15) is 0 Å². The second kappa shape index (κ2) is 6.86. The molecule has 4 heteroatoms. The van der Waals surface area contributed by atoms with Crippen LogP contribution in [0, 0.1) is 5.82 Å². The van der Waals surface area contributed by atoms with Crippen LogP contribution in [0.4, 0.5) is 4.39 Å². The number of nitrogens with one attached hydrogen (secondary N) is 1. The highest BCUT2D eigenvalue weighted by Gasteiger charge is 2.03. The van der Waals surface area contributed by atoms with Gasteiger partial charge in [-0.25, -0.2) is 4.39 Å². The maximum atomic E-state index is 13.2. The monoisotopic (exact) mass is 337 g/mol. The van der Waals surface area contributed by atoms with Crippen molar-refractivity contribution < 1.29 is 9.13 Å². The molecular formula is C16H17BrFNO. The van der Waals surface area contributed by atoms with Gasteiger partial charge in [-0.1, -0.05) is 28.1 Å². The van der Waals surface area contributed by atoms with Crippen LogP contribution in [0.1, 0.15) is 24.1 Å². The first-order valence-corrected chi connectivity index (χ1v) is 7.23. The standard InChI is InChI=1S/C16H17BrFNO/c1-11(19-2)13-3-5-16(6-4-13)20-10-12-7-14(17)9-15(18)8-12/h3-9,11,19H,10H2,1-2H3. The van der Waals surface area contributed by atoms with Gasteiger partial charge in [-0.05, 0) is 55.4 Å². The third-order valence-electron chi connectivity index (χ3n) is 3.14. The largest absolute Gasteiger partial charge is 0.489 e. The summed E-state index contributed by atoms with van der Waals surface area (Å²) < 4.78 is 19.6. The minimum absolute atomic E-state index is 0.267. The van der Waals surface area contributed by atoms with Gasteiger partial charge in [0, 0.05) is 10.5 Å². The fourth-order valence-electron chi connectivity index (χ4n) is 1.88. The number of hydrogen-bond acceptors (Lipinski definition) is 2. The van der Waals surface area contributed by atoms with E-state index < -0.39 is 0 Å². The first-order chi connectivity index (χ1) is 9.58. The third-order valence-corrected chi connectivity index (χ3v) is 3.60. The van der Waals surface area contributed by atoms with Crippen molar-refractivity contribution in [2.24, 2.45) is 0 Å². The van der Waals surface area contributed by atoms with Crippen molar-refractivity contribution in [1.82, 2.24) is 5.32 Å². The Kier molecular flexibility index (Phi) is 5.15. The molecule has 1 atom stereocenters. The van der Waals surface area contributed by atoms with Crippen LogP contribution in [-0.2, 0) is 6.61 Å². The lowest BCUT2D eigenvalue weighted by molar-refractivity contribution is 0.305. The minimum atomic E-state index is -0.267. The van der Waals surface area contributed by atoms with E-state index in [1.54, 1.807) is 0 Å². The molecule has 0 amide bonds. The summed E-state index contributed by atoms with van der Waals surface area (Å²) >= 11 is 3.27. The van der Waals surface area contributed by atoms with E-state index in [9.17, 15) is 4.39 Å². The van der Waals surface area contributed by atoms with E-state index in [-0.39, 0.29) is 5.82 Å². The van der Waals surface area contributed by atoms with Crippen LogP contribution in [0.5, 0.6) is 5.75 Å². The van der Waals surface area contributed by atoms with Crippen LogP contribution in [0.3, 0.4) is 0 Å². The third kappa shape index (κ3) is 4.05. The average molecular weight is 338 g/mol. The molecule has 1 unspecified atom stereocenters. The molecule has 20 heavy (non-hydrogen) atoms. The predicted octanol–water partition coefficient (Wildman–Crippen LogP) is 4.45. The zero-order chi connectivity index (χ0) is 14.5. The van der Waals surface area contributed by atoms with Gasteiger partial charge in [0.2, 0.25) is 0 Å². The maximum Gasteiger partial charge on any atom is 0.124 e. The van der Waals surface area contributed by atoms with Gasteiger partial charge in [0.1, 0.15) is 18.2 Å². The topological polar surface area (TPSA) is 21.3 Å². The highest BCUT2D eigenvalue weighted by molar-refractivity contribution is 9.10. The average Bonchev–Trinajstić information content (AvgIpc) is 2.44. The maximum absolute atomic E-state index is 13.2. The predicted molar refractivity (Wildman–Crippen MR) is 82.3 cm³/mol. The molecule has 0 aliphatic carbocycles. The van der Waals surface area contributed by atoms with Gasteiger partial charge in [0.05, 0.1) is 0 Å². The van der Waals surface area contributed by atoms with Gasteiger partial charge >= 0.3 is 0 Å². The molecular weight excluding hydrogens is 321 g/mol. The van der Waals surface area contributed by atoms with E-state index in [0.717, 1.165) is 11.3 Å². The molecule has 0 aliphatic heterocycles. The first kappa shape index (κ1) is 15.0. The highest BCUT2D eigenvalue weighted by Crippen LogP contribution is 2.20. The Hall–Kier alpha value is -1.39. The summed E-state index contributed by atoms with van der Waals surface area (Å²) in [6, 6.07) is 13.0. The molecule has 2 rings (SSSR count). The normalized spacial score (nSPS) is 12.2. The molecule has 1 N–H and O–H groups in total.